The maximum atomic E-state index is 14.1. The van der Waals surface area contributed by atoms with Crippen LogP contribution in [0.5, 0.6) is 5.75 Å². The van der Waals surface area contributed by atoms with Crippen molar-refractivity contribution in [2.45, 2.75) is 30.8 Å². The Morgan fingerprint density at radius 1 is 0.979 bits per heavy atom. The highest BCUT2D eigenvalue weighted by Crippen LogP contribution is 2.36. The van der Waals surface area contributed by atoms with E-state index in [2.05, 4.69) is 25.6 Å². The van der Waals surface area contributed by atoms with Crippen LogP contribution < -0.4 is 15.4 Å². The summed E-state index contributed by atoms with van der Waals surface area (Å²) in [6.07, 6.45) is 10.2. The maximum Gasteiger partial charge on any atom is 0.274 e. The smallest absolute Gasteiger partial charge is 0.274 e. The number of aromatic nitrogens is 3. The minimum absolute atomic E-state index is 0.0940. The van der Waals surface area contributed by atoms with Gasteiger partial charge in [-0.25, -0.2) is 9.98 Å². The predicted molar refractivity (Wildman–Crippen MR) is 175 cm³/mol. The van der Waals surface area contributed by atoms with Gasteiger partial charge in [-0.05, 0) is 55.2 Å². The number of carbonyl (C=O) groups excluding carboxylic acids is 2. The van der Waals surface area contributed by atoms with E-state index in [1.165, 1.54) is 12.4 Å². The Labute approximate surface area is 273 Å². The number of hydrogen-bond donors (Lipinski definition) is 1. The molecule has 0 bridgehead atoms. The molecule has 11 heteroatoms. The van der Waals surface area contributed by atoms with E-state index in [1.54, 1.807) is 18.2 Å². The zero-order chi connectivity index (χ0) is 32.4. The highest BCUT2D eigenvalue weighted by Gasteiger charge is 2.42. The number of amides is 2. The molecule has 1 N–H and O–H groups in total. The number of piperidine rings is 2. The molecule has 0 radical (unpaired) electrons. The number of rotatable bonds is 7. The second-order valence-electron chi connectivity index (χ2n) is 12.6. The average molecular weight is 634 g/mol. The van der Waals surface area contributed by atoms with E-state index in [9.17, 15) is 14.7 Å². The van der Waals surface area contributed by atoms with E-state index in [0.717, 1.165) is 27.7 Å². The van der Waals surface area contributed by atoms with Crippen molar-refractivity contribution in [3.05, 3.63) is 107 Å². The van der Waals surface area contributed by atoms with Gasteiger partial charge in [0.25, 0.3) is 5.91 Å². The molecule has 2 fully saturated rings. The Kier molecular flexibility index (Phi) is 8.46. The first-order valence-electron chi connectivity index (χ1n) is 16.1. The minimum Gasteiger partial charge on any atom is -0.497 e. The first-order valence-corrected chi connectivity index (χ1v) is 16.1. The molecule has 11 nitrogen and oxygen atoms in total. The van der Waals surface area contributed by atoms with Gasteiger partial charge in [-0.1, -0.05) is 30.3 Å². The molecule has 7 rings (SSSR count). The molecule has 242 valence electrons. The van der Waals surface area contributed by atoms with Crippen LogP contribution in [-0.2, 0) is 4.79 Å². The van der Waals surface area contributed by atoms with Crippen molar-refractivity contribution >= 4 is 18.0 Å². The van der Waals surface area contributed by atoms with E-state index < -0.39 is 5.60 Å². The number of aliphatic hydroxyl groups is 1. The molecule has 5 heterocycles. The third kappa shape index (κ3) is 6.35. The lowest BCUT2D eigenvalue weighted by molar-refractivity contribution is -0.142. The Morgan fingerprint density at radius 2 is 1.77 bits per heavy atom. The average Bonchev–Trinajstić information content (AvgIpc) is 3.55. The van der Waals surface area contributed by atoms with Gasteiger partial charge in [0.2, 0.25) is 5.91 Å². The van der Waals surface area contributed by atoms with Gasteiger partial charge in [-0.3, -0.25) is 14.6 Å². The molecule has 2 aromatic heterocycles. The van der Waals surface area contributed by atoms with Gasteiger partial charge in [0.05, 0.1) is 18.9 Å². The van der Waals surface area contributed by atoms with Crippen LogP contribution in [0.25, 0.3) is 11.9 Å². The summed E-state index contributed by atoms with van der Waals surface area (Å²) >= 11 is 0. The van der Waals surface area contributed by atoms with Gasteiger partial charge in [0, 0.05) is 80.3 Å². The van der Waals surface area contributed by atoms with E-state index in [4.69, 9.17) is 9.73 Å². The number of benzene rings is 2. The standard InChI is InChI=1S/C36H39N7O4/c1-47-29-9-7-28(8-10-29)43-18-11-27-22-40(25-39-33(27)43)24-36(46)13-19-41(20-14-36)34(44)30-12-17-42(35(45)32-21-37-15-16-38-32)23-31(30)26-5-3-2-4-6-26/h2-11,15-16,18,21-22,30-31,46H,12-14,17,19-20,23-25H2,1H3/t30-,31+/m1/s1. The van der Waals surface area contributed by atoms with E-state index >= 15 is 0 Å². The largest absolute Gasteiger partial charge is 0.497 e. The predicted octanol–water partition coefficient (Wildman–Crippen LogP) is 2.21. The molecular weight excluding hydrogens is 594 g/mol. The molecule has 4 aromatic rings. The monoisotopic (exact) mass is 633 g/mol. The van der Waals surface area contributed by atoms with Crippen LogP contribution in [0, 0.1) is 5.92 Å². The molecule has 2 amide bonds. The summed E-state index contributed by atoms with van der Waals surface area (Å²) in [6.45, 7) is 2.77. The molecule has 0 aliphatic carbocycles. The van der Waals surface area contributed by atoms with Crippen molar-refractivity contribution < 1.29 is 19.4 Å². The van der Waals surface area contributed by atoms with Gasteiger partial charge >= 0.3 is 0 Å². The van der Waals surface area contributed by atoms with Gasteiger partial charge in [0.1, 0.15) is 23.6 Å². The molecular formula is C36H39N7O4. The summed E-state index contributed by atoms with van der Waals surface area (Å²) in [4.78, 5) is 46.1. The van der Waals surface area contributed by atoms with Gasteiger partial charge in [-0.2, -0.15) is 0 Å². The molecule has 0 saturated carbocycles. The topological polar surface area (TPSA) is 116 Å². The van der Waals surface area contributed by atoms with Crippen molar-refractivity contribution in [1.29, 1.82) is 0 Å². The van der Waals surface area contributed by atoms with Crippen LogP contribution in [0.4, 0.5) is 0 Å². The first-order chi connectivity index (χ1) is 22.9. The Bertz CT molecular complexity index is 1840. The lowest BCUT2D eigenvalue weighted by Gasteiger charge is -2.44. The van der Waals surface area contributed by atoms with Crippen LogP contribution in [0.15, 0.2) is 90.4 Å². The van der Waals surface area contributed by atoms with Gasteiger partial charge in [0.15, 0.2) is 0 Å². The molecule has 2 aromatic carbocycles. The lowest BCUT2D eigenvalue weighted by atomic mass is 9.79. The fourth-order valence-electron chi connectivity index (χ4n) is 7.11. The Balaban J connectivity index is 1.000. The third-order valence-corrected chi connectivity index (χ3v) is 9.69. The summed E-state index contributed by atoms with van der Waals surface area (Å²) in [5, 5.41) is 12.6. The van der Waals surface area contributed by atoms with Crippen LogP contribution >= 0.6 is 0 Å². The minimum atomic E-state index is -0.926. The SMILES string of the molecule is COc1ccc(-n2ccc3c2=NCN(CC2(O)CCN(C(=O)[C@@H]4CCN(C(=O)c5cnccn5)C[C@H]4c4ccccc4)CC2)C=3)cc1. The fraction of sp³-hybridized carbons (Fsp3) is 0.361. The number of hydrogen-bond acceptors (Lipinski definition) is 8. The van der Waals surface area contributed by atoms with E-state index in [0.29, 0.717) is 64.3 Å². The third-order valence-electron chi connectivity index (χ3n) is 9.69. The second kappa shape index (κ2) is 13.0. The number of ether oxygens (including phenoxy) is 1. The summed E-state index contributed by atoms with van der Waals surface area (Å²) in [5.74, 6) is 0.341. The van der Waals surface area contributed by atoms with Crippen molar-refractivity contribution in [3.8, 4) is 11.4 Å². The fourth-order valence-corrected chi connectivity index (χ4v) is 7.11. The molecule has 0 spiro atoms. The second-order valence-corrected chi connectivity index (χ2v) is 12.6. The number of nitrogens with zero attached hydrogens (tertiary/aromatic N) is 7. The maximum absolute atomic E-state index is 14.1. The number of likely N-dealkylation sites (tertiary alicyclic amines) is 2. The van der Waals surface area contributed by atoms with Gasteiger partial charge in [-0.15, -0.1) is 0 Å². The summed E-state index contributed by atoms with van der Waals surface area (Å²) in [6, 6.07) is 19.9. The van der Waals surface area contributed by atoms with Crippen LogP contribution in [0.1, 0.15) is 41.2 Å². The zero-order valence-corrected chi connectivity index (χ0v) is 26.5. The molecule has 47 heavy (non-hydrogen) atoms. The summed E-state index contributed by atoms with van der Waals surface area (Å²) in [5.41, 5.74) is 2.32. The molecule has 2 atom stereocenters. The number of methoxy groups -OCH3 is 1. The highest BCUT2D eigenvalue weighted by atomic mass is 16.5. The quantitative estimate of drug-likeness (QED) is 0.332. The van der Waals surface area contributed by atoms with E-state index in [1.807, 2.05) is 71.8 Å². The number of carbonyl (C=O) groups is 2. The molecule has 0 unspecified atom stereocenters. The van der Waals surface area contributed by atoms with Gasteiger partial charge < -0.3 is 29.1 Å². The van der Waals surface area contributed by atoms with Crippen molar-refractivity contribution in [2.75, 3.05) is 46.5 Å². The normalized spacial score (nSPS) is 20.5. The summed E-state index contributed by atoms with van der Waals surface area (Å²) < 4.78 is 7.34. The van der Waals surface area contributed by atoms with Crippen LogP contribution in [0.3, 0.4) is 0 Å². The van der Waals surface area contributed by atoms with Crippen molar-refractivity contribution in [2.24, 2.45) is 10.9 Å². The first kappa shape index (κ1) is 30.6. The number of β-amino-alcohol motifs (C(OH)–C–C–N with tert-alkyl or cyclic N) is 1. The molecule has 3 aliphatic heterocycles. The highest BCUT2D eigenvalue weighted by molar-refractivity contribution is 5.92. The van der Waals surface area contributed by atoms with Crippen molar-refractivity contribution in [1.82, 2.24) is 29.2 Å². The Hall–Kier alpha value is -5.03. The molecule has 2 saturated heterocycles. The van der Waals surface area contributed by atoms with Crippen molar-refractivity contribution in [3.63, 3.8) is 0 Å². The lowest BCUT2D eigenvalue weighted by Crippen LogP contribution is -2.55. The molecule has 3 aliphatic rings. The summed E-state index contributed by atoms with van der Waals surface area (Å²) in [7, 11) is 1.65. The van der Waals surface area contributed by atoms with Crippen LogP contribution in [-0.4, -0.2) is 98.3 Å². The zero-order valence-electron chi connectivity index (χ0n) is 26.5. The Morgan fingerprint density at radius 3 is 2.49 bits per heavy atom. The number of fused-ring (bicyclic) bond motifs is 1. The van der Waals surface area contributed by atoms with Crippen LogP contribution in [0.2, 0.25) is 0 Å². The van der Waals surface area contributed by atoms with E-state index in [-0.39, 0.29) is 23.7 Å².